The fourth-order valence-corrected chi connectivity index (χ4v) is 2.52. The summed E-state index contributed by atoms with van der Waals surface area (Å²) in [4.78, 5) is 24.4. The molecule has 1 saturated carbocycles. The first-order valence-corrected chi connectivity index (χ1v) is 6.43. The highest BCUT2D eigenvalue weighted by molar-refractivity contribution is 5.77. The quantitative estimate of drug-likeness (QED) is 0.657. The summed E-state index contributed by atoms with van der Waals surface area (Å²) in [7, 11) is 0. The van der Waals surface area contributed by atoms with Gasteiger partial charge >= 0.3 is 12.0 Å². The highest BCUT2D eigenvalue weighted by Gasteiger charge is 2.38. The molecule has 3 N–H and O–H groups in total. The molecule has 0 unspecified atom stereocenters. The van der Waals surface area contributed by atoms with Gasteiger partial charge in [0.15, 0.2) is 0 Å². The third-order valence-electron chi connectivity index (χ3n) is 3.46. The van der Waals surface area contributed by atoms with Crippen molar-refractivity contribution in [3.8, 4) is 0 Å². The lowest BCUT2D eigenvalue weighted by Gasteiger charge is -2.32. The number of aliphatic carboxylic acids is 1. The zero-order valence-corrected chi connectivity index (χ0v) is 10.8. The van der Waals surface area contributed by atoms with E-state index in [-0.39, 0.29) is 25.6 Å². The number of carbonyl (C=O) groups excluding carboxylic acids is 1. The number of rotatable bonds is 6. The summed E-state index contributed by atoms with van der Waals surface area (Å²) in [6, 6.07) is -0.283. The van der Waals surface area contributed by atoms with E-state index >= 15 is 0 Å². The molecule has 104 valence electrons. The fraction of sp³-hybridized carbons (Fsp3) is 0.833. The lowest BCUT2D eigenvalue weighted by molar-refractivity contribution is -0.138. The van der Waals surface area contributed by atoms with Gasteiger partial charge in [-0.05, 0) is 19.8 Å². The minimum atomic E-state index is -0.887. The van der Waals surface area contributed by atoms with Crippen molar-refractivity contribution in [3.05, 3.63) is 0 Å². The molecule has 18 heavy (non-hydrogen) atoms. The second-order valence-electron chi connectivity index (χ2n) is 4.79. The van der Waals surface area contributed by atoms with Crippen LogP contribution in [0.3, 0.4) is 0 Å². The molecule has 1 aliphatic carbocycles. The predicted molar refractivity (Wildman–Crippen MR) is 66.3 cm³/mol. The first-order chi connectivity index (χ1) is 8.53. The van der Waals surface area contributed by atoms with Crippen LogP contribution in [0.5, 0.6) is 0 Å². The van der Waals surface area contributed by atoms with Crippen molar-refractivity contribution < 1.29 is 19.8 Å². The highest BCUT2D eigenvalue weighted by atomic mass is 16.4. The Kier molecular flexibility index (Phi) is 5.40. The number of aliphatic hydroxyl groups excluding tert-OH is 1. The van der Waals surface area contributed by atoms with Gasteiger partial charge in [0.2, 0.25) is 0 Å². The Bertz CT molecular complexity index is 300. The van der Waals surface area contributed by atoms with Crippen LogP contribution in [0.25, 0.3) is 0 Å². The van der Waals surface area contributed by atoms with E-state index < -0.39 is 11.5 Å². The molecule has 2 amide bonds. The Morgan fingerprint density at radius 1 is 1.33 bits per heavy atom. The Morgan fingerprint density at radius 2 is 1.94 bits per heavy atom. The average molecular weight is 258 g/mol. The van der Waals surface area contributed by atoms with E-state index in [1.165, 1.54) is 4.90 Å². The van der Waals surface area contributed by atoms with Crippen LogP contribution >= 0.6 is 0 Å². The number of carboxylic acid groups (broad SMARTS) is 1. The second-order valence-corrected chi connectivity index (χ2v) is 4.79. The van der Waals surface area contributed by atoms with Crippen LogP contribution in [0.1, 0.15) is 39.0 Å². The molecule has 0 aromatic carbocycles. The zero-order valence-electron chi connectivity index (χ0n) is 10.8. The molecule has 0 spiro atoms. The van der Waals surface area contributed by atoms with Crippen LogP contribution in [0.4, 0.5) is 4.79 Å². The fourth-order valence-electron chi connectivity index (χ4n) is 2.52. The van der Waals surface area contributed by atoms with Gasteiger partial charge in [-0.3, -0.25) is 4.79 Å². The number of hydrogen-bond donors (Lipinski definition) is 3. The molecule has 0 radical (unpaired) electrons. The first kappa shape index (κ1) is 14.8. The molecule has 6 nitrogen and oxygen atoms in total. The Hall–Kier alpha value is -1.30. The number of amides is 2. The van der Waals surface area contributed by atoms with Crippen LogP contribution in [-0.2, 0) is 4.79 Å². The van der Waals surface area contributed by atoms with Crippen molar-refractivity contribution in [1.29, 1.82) is 0 Å². The minimum absolute atomic E-state index is 0.0323. The average Bonchev–Trinajstić information content (AvgIpc) is 2.72. The maximum absolute atomic E-state index is 12.0. The summed E-state index contributed by atoms with van der Waals surface area (Å²) >= 11 is 0. The van der Waals surface area contributed by atoms with Crippen molar-refractivity contribution in [2.24, 2.45) is 0 Å². The summed E-state index contributed by atoms with van der Waals surface area (Å²) < 4.78 is 0. The highest BCUT2D eigenvalue weighted by Crippen LogP contribution is 2.32. The number of hydrogen-bond acceptors (Lipinski definition) is 3. The number of carboxylic acids is 1. The van der Waals surface area contributed by atoms with Crippen LogP contribution in [0, 0.1) is 0 Å². The maximum atomic E-state index is 12.0. The molecule has 1 aliphatic rings. The number of nitrogens with zero attached hydrogens (tertiary/aromatic N) is 1. The van der Waals surface area contributed by atoms with Gasteiger partial charge in [-0.15, -0.1) is 0 Å². The number of carbonyl (C=O) groups is 2. The lowest BCUT2D eigenvalue weighted by Crippen LogP contribution is -2.53. The summed E-state index contributed by atoms with van der Waals surface area (Å²) in [5, 5.41) is 20.7. The molecular weight excluding hydrogens is 236 g/mol. The minimum Gasteiger partial charge on any atom is -0.481 e. The third-order valence-corrected chi connectivity index (χ3v) is 3.46. The van der Waals surface area contributed by atoms with Crippen LogP contribution < -0.4 is 5.32 Å². The topological polar surface area (TPSA) is 89.9 Å². The Labute approximate surface area is 107 Å². The third kappa shape index (κ3) is 3.87. The van der Waals surface area contributed by atoms with Crippen molar-refractivity contribution in [2.45, 2.75) is 44.6 Å². The summed E-state index contributed by atoms with van der Waals surface area (Å²) in [5.74, 6) is -0.887. The monoisotopic (exact) mass is 258 g/mol. The molecule has 0 aromatic heterocycles. The molecule has 0 heterocycles. The van der Waals surface area contributed by atoms with Gasteiger partial charge in [-0.1, -0.05) is 12.8 Å². The number of urea groups is 1. The van der Waals surface area contributed by atoms with E-state index in [1.807, 2.05) is 6.92 Å². The van der Waals surface area contributed by atoms with Gasteiger partial charge in [0.05, 0.1) is 18.6 Å². The van der Waals surface area contributed by atoms with E-state index in [2.05, 4.69) is 5.32 Å². The van der Waals surface area contributed by atoms with Gasteiger partial charge in [0, 0.05) is 13.1 Å². The van der Waals surface area contributed by atoms with E-state index in [9.17, 15) is 9.59 Å². The standard InChI is InChI=1S/C12H22N2O4/c1-2-14(7-8-15)11(18)13-12(9-10(16)17)5-3-4-6-12/h15H,2-9H2,1H3,(H,13,18)(H,16,17). The van der Waals surface area contributed by atoms with Crippen molar-refractivity contribution in [3.63, 3.8) is 0 Å². The second kappa shape index (κ2) is 6.58. The van der Waals surface area contributed by atoms with Gasteiger partial charge in [0.25, 0.3) is 0 Å². The smallest absolute Gasteiger partial charge is 0.317 e. The van der Waals surface area contributed by atoms with Crippen LogP contribution in [0.15, 0.2) is 0 Å². The Morgan fingerprint density at radius 3 is 2.39 bits per heavy atom. The molecule has 0 bridgehead atoms. The van der Waals surface area contributed by atoms with E-state index in [0.717, 1.165) is 12.8 Å². The van der Waals surface area contributed by atoms with Crippen molar-refractivity contribution >= 4 is 12.0 Å². The van der Waals surface area contributed by atoms with E-state index in [4.69, 9.17) is 10.2 Å². The summed E-state index contributed by atoms with van der Waals surface area (Å²) in [6.07, 6.45) is 3.28. The molecule has 0 atom stereocenters. The van der Waals surface area contributed by atoms with Crippen molar-refractivity contribution in [1.82, 2.24) is 10.2 Å². The molecule has 0 aromatic rings. The molecule has 1 fully saturated rings. The SMILES string of the molecule is CCN(CCO)C(=O)NC1(CC(=O)O)CCCC1. The summed E-state index contributed by atoms with van der Waals surface area (Å²) in [6.45, 7) is 2.50. The normalized spacial score (nSPS) is 17.4. The molecule has 6 heteroatoms. The van der Waals surface area contributed by atoms with E-state index in [0.29, 0.717) is 19.4 Å². The van der Waals surface area contributed by atoms with Gasteiger partial charge in [-0.25, -0.2) is 4.79 Å². The molecule has 1 rings (SSSR count). The van der Waals surface area contributed by atoms with Crippen molar-refractivity contribution in [2.75, 3.05) is 19.7 Å². The largest absolute Gasteiger partial charge is 0.481 e. The number of nitrogens with one attached hydrogen (secondary N) is 1. The van der Waals surface area contributed by atoms with Crippen LogP contribution in [-0.4, -0.2) is 52.3 Å². The first-order valence-electron chi connectivity index (χ1n) is 6.43. The molecule has 0 saturated heterocycles. The number of likely N-dealkylation sites (N-methyl/N-ethyl adjacent to an activating group) is 1. The summed E-state index contributed by atoms with van der Waals surface area (Å²) in [5.41, 5.74) is -0.605. The Balaban J connectivity index is 2.65. The number of aliphatic hydroxyl groups is 1. The van der Waals surface area contributed by atoms with Crippen LogP contribution in [0.2, 0.25) is 0 Å². The lowest BCUT2D eigenvalue weighted by atomic mass is 9.93. The maximum Gasteiger partial charge on any atom is 0.317 e. The zero-order chi connectivity index (χ0) is 13.6. The van der Waals surface area contributed by atoms with Gasteiger partial charge in [-0.2, -0.15) is 0 Å². The van der Waals surface area contributed by atoms with E-state index in [1.54, 1.807) is 0 Å². The molecular formula is C12H22N2O4. The van der Waals surface area contributed by atoms with Gasteiger partial charge in [0.1, 0.15) is 0 Å². The molecule has 0 aliphatic heterocycles. The predicted octanol–water partition coefficient (Wildman–Crippen LogP) is 0.798. The van der Waals surface area contributed by atoms with Gasteiger partial charge < -0.3 is 20.4 Å².